The maximum Gasteiger partial charge on any atom is 0.419 e. The number of terminal acetylenes is 1. The van der Waals surface area contributed by atoms with Crippen LogP contribution in [0.3, 0.4) is 0 Å². The zero-order valence-electron chi connectivity index (χ0n) is 10.3. The molecule has 0 saturated heterocycles. The Morgan fingerprint density at radius 1 is 1.00 bits per heavy atom. The number of anilines is 2. The third kappa shape index (κ3) is 3.14. The number of carbonyl (C=O) groups is 1. The van der Waals surface area contributed by atoms with Crippen molar-refractivity contribution < 1.29 is 9.53 Å². The van der Waals surface area contributed by atoms with Crippen LogP contribution in [0.2, 0.25) is 0 Å². The van der Waals surface area contributed by atoms with E-state index in [4.69, 9.17) is 11.2 Å². The van der Waals surface area contributed by atoms with Crippen LogP contribution in [0.4, 0.5) is 16.2 Å². The lowest BCUT2D eigenvalue weighted by Crippen LogP contribution is -2.26. The number of rotatable bonds is 3. The highest BCUT2D eigenvalue weighted by atomic mass is 16.6. The molecular weight excluding hydrogens is 238 g/mol. The van der Waals surface area contributed by atoms with Crippen molar-refractivity contribution in [2.45, 2.75) is 0 Å². The lowest BCUT2D eigenvalue weighted by molar-refractivity contribution is 0.171. The molecule has 3 nitrogen and oxygen atoms in total. The predicted molar refractivity (Wildman–Crippen MR) is 75.2 cm³/mol. The number of hydrogen-bond donors (Lipinski definition) is 0. The topological polar surface area (TPSA) is 29.5 Å². The van der Waals surface area contributed by atoms with Crippen LogP contribution in [-0.2, 0) is 4.74 Å². The highest BCUT2D eigenvalue weighted by Gasteiger charge is 2.18. The molecule has 0 aliphatic carbocycles. The molecule has 0 unspecified atom stereocenters. The zero-order chi connectivity index (χ0) is 13.5. The number of carbonyl (C=O) groups excluding carboxylic acids is 1. The molecule has 3 heteroatoms. The summed E-state index contributed by atoms with van der Waals surface area (Å²) in [5.74, 6) is 2.29. The normalized spacial score (nSPS) is 9.42. The Morgan fingerprint density at radius 2 is 1.47 bits per heavy atom. The Labute approximate surface area is 112 Å². The molecule has 2 rings (SSSR count). The van der Waals surface area contributed by atoms with Crippen molar-refractivity contribution in [2.24, 2.45) is 0 Å². The van der Waals surface area contributed by atoms with Crippen LogP contribution >= 0.6 is 0 Å². The fourth-order valence-electron chi connectivity index (χ4n) is 1.68. The SMILES string of the molecule is C#CCOC(=O)N(c1ccccc1)c1ccccc1. The summed E-state index contributed by atoms with van der Waals surface area (Å²) < 4.78 is 5.01. The van der Waals surface area contributed by atoms with Crippen LogP contribution in [0.1, 0.15) is 0 Å². The number of benzene rings is 2. The van der Waals surface area contributed by atoms with E-state index in [0.717, 1.165) is 11.4 Å². The molecule has 0 spiro atoms. The van der Waals surface area contributed by atoms with Crippen molar-refractivity contribution in [3.05, 3.63) is 60.7 Å². The summed E-state index contributed by atoms with van der Waals surface area (Å²) in [7, 11) is 0. The Hall–Kier alpha value is -2.73. The second-order valence-corrected chi connectivity index (χ2v) is 3.77. The highest BCUT2D eigenvalue weighted by Crippen LogP contribution is 2.25. The average molecular weight is 251 g/mol. The van der Waals surface area contributed by atoms with Crippen molar-refractivity contribution in [2.75, 3.05) is 11.5 Å². The molecule has 0 N–H and O–H groups in total. The second-order valence-electron chi connectivity index (χ2n) is 3.77. The van der Waals surface area contributed by atoms with Gasteiger partial charge >= 0.3 is 6.09 Å². The van der Waals surface area contributed by atoms with Gasteiger partial charge in [-0.2, -0.15) is 0 Å². The van der Waals surface area contributed by atoms with Crippen LogP contribution < -0.4 is 4.90 Å². The third-order valence-corrected chi connectivity index (χ3v) is 2.49. The first-order chi connectivity index (χ1) is 9.33. The maximum absolute atomic E-state index is 12.1. The maximum atomic E-state index is 12.1. The van der Waals surface area contributed by atoms with Gasteiger partial charge in [0, 0.05) is 0 Å². The minimum atomic E-state index is -0.490. The highest BCUT2D eigenvalue weighted by molar-refractivity contribution is 5.95. The van der Waals surface area contributed by atoms with Crippen LogP contribution in [0.5, 0.6) is 0 Å². The van der Waals surface area contributed by atoms with Crippen molar-refractivity contribution >= 4 is 17.5 Å². The summed E-state index contributed by atoms with van der Waals surface area (Å²) >= 11 is 0. The molecule has 94 valence electrons. The molecule has 2 aromatic carbocycles. The first-order valence-electron chi connectivity index (χ1n) is 5.83. The van der Waals surface area contributed by atoms with E-state index in [1.54, 1.807) is 0 Å². The Bertz CT molecular complexity index is 533. The number of ether oxygens (including phenoxy) is 1. The molecule has 19 heavy (non-hydrogen) atoms. The monoisotopic (exact) mass is 251 g/mol. The number of nitrogens with zero attached hydrogens (tertiary/aromatic N) is 1. The summed E-state index contributed by atoms with van der Waals surface area (Å²) in [5.41, 5.74) is 1.46. The predicted octanol–water partition coefficient (Wildman–Crippen LogP) is 3.59. The molecule has 0 aromatic heterocycles. The van der Waals surface area contributed by atoms with E-state index in [1.165, 1.54) is 4.90 Å². The molecule has 0 fully saturated rings. The lowest BCUT2D eigenvalue weighted by atomic mass is 10.2. The van der Waals surface area contributed by atoms with Crippen molar-refractivity contribution in [3.63, 3.8) is 0 Å². The summed E-state index contributed by atoms with van der Waals surface area (Å²) in [5, 5.41) is 0. The Morgan fingerprint density at radius 3 is 1.89 bits per heavy atom. The van der Waals surface area contributed by atoms with Gasteiger partial charge in [-0.15, -0.1) is 6.42 Å². The molecule has 0 saturated carbocycles. The van der Waals surface area contributed by atoms with Gasteiger partial charge in [0.25, 0.3) is 0 Å². The average Bonchev–Trinajstić information content (AvgIpc) is 2.47. The van der Waals surface area contributed by atoms with Crippen LogP contribution in [-0.4, -0.2) is 12.7 Å². The van der Waals surface area contributed by atoms with Gasteiger partial charge in [0.1, 0.15) is 0 Å². The van der Waals surface area contributed by atoms with Gasteiger partial charge in [0.05, 0.1) is 11.4 Å². The van der Waals surface area contributed by atoms with Crippen LogP contribution in [0, 0.1) is 12.3 Å². The van der Waals surface area contributed by atoms with Crippen molar-refractivity contribution in [1.29, 1.82) is 0 Å². The molecule has 2 aromatic rings. The van der Waals surface area contributed by atoms with E-state index < -0.39 is 6.09 Å². The fourth-order valence-corrected chi connectivity index (χ4v) is 1.68. The van der Waals surface area contributed by atoms with E-state index in [0.29, 0.717) is 0 Å². The third-order valence-electron chi connectivity index (χ3n) is 2.49. The smallest absolute Gasteiger partial charge is 0.419 e. The summed E-state index contributed by atoms with van der Waals surface area (Å²) in [6.45, 7) is -0.0466. The minimum Gasteiger partial charge on any atom is -0.436 e. The molecular formula is C16H13NO2. The summed E-state index contributed by atoms with van der Waals surface area (Å²) in [6, 6.07) is 18.6. The van der Waals surface area contributed by atoms with E-state index in [-0.39, 0.29) is 6.61 Å². The van der Waals surface area contributed by atoms with Gasteiger partial charge in [0.2, 0.25) is 0 Å². The van der Waals surface area contributed by atoms with E-state index in [1.807, 2.05) is 60.7 Å². The van der Waals surface area contributed by atoms with Gasteiger partial charge in [-0.05, 0) is 24.3 Å². The molecule has 1 amide bonds. The second kappa shape index (κ2) is 6.27. The zero-order valence-corrected chi connectivity index (χ0v) is 10.3. The van der Waals surface area contributed by atoms with Gasteiger partial charge in [-0.25, -0.2) is 9.69 Å². The van der Waals surface area contributed by atoms with Crippen molar-refractivity contribution in [3.8, 4) is 12.3 Å². The molecule has 0 aliphatic rings. The number of para-hydroxylation sites is 2. The van der Waals surface area contributed by atoms with Crippen molar-refractivity contribution in [1.82, 2.24) is 0 Å². The van der Waals surface area contributed by atoms with Crippen LogP contribution in [0.15, 0.2) is 60.7 Å². The largest absolute Gasteiger partial charge is 0.436 e. The minimum absolute atomic E-state index is 0.0466. The van der Waals surface area contributed by atoms with Gasteiger partial charge < -0.3 is 4.74 Å². The van der Waals surface area contributed by atoms with Gasteiger partial charge in [-0.3, -0.25) is 0 Å². The molecule has 0 bridgehead atoms. The Balaban J connectivity index is 2.35. The molecule has 0 atom stereocenters. The Kier molecular flexibility index (Phi) is 4.20. The van der Waals surface area contributed by atoms with E-state index >= 15 is 0 Å². The summed E-state index contributed by atoms with van der Waals surface area (Å²) in [4.78, 5) is 13.6. The number of amides is 1. The first-order valence-corrected chi connectivity index (χ1v) is 5.83. The molecule has 0 radical (unpaired) electrons. The van der Waals surface area contributed by atoms with E-state index in [2.05, 4.69) is 5.92 Å². The lowest BCUT2D eigenvalue weighted by Gasteiger charge is -2.21. The number of hydrogen-bond acceptors (Lipinski definition) is 2. The van der Waals surface area contributed by atoms with Gasteiger partial charge in [-0.1, -0.05) is 42.3 Å². The summed E-state index contributed by atoms with van der Waals surface area (Å²) in [6.07, 6.45) is 4.62. The van der Waals surface area contributed by atoms with Gasteiger partial charge in [0.15, 0.2) is 6.61 Å². The quantitative estimate of drug-likeness (QED) is 0.780. The first kappa shape index (κ1) is 12.7. The van der Waals surface area contributed by atoms with Crippen LogP contribution in [0.25, 0.3) is 0 Å². The molecule has 0 heterocycles. The fraction of sp³-hybridized carbons (Fsp3) is 0.0625. The molecule has 0 aliphatic heterocycles. The standard InChI is InChI=1S/C16H13NO2/c1-2-13-19-16(18)17(14-9-5-3-6-10-14)15-11-7-4-8-12-15/h1,3-12H,13H2. The van der Waals surface area contributed by atoms with E-state index in [9.17, 15) is 4.79 Å².